The minimum Gasteiger partial charge on any atom is -0.494 e. The van der Waals surface area contributed by atoms with Gasteiger partial charge < -0.3 is 19.6 Å². The number of fused-ring (bicyclic) bond motifs is 1. The quantitative estimate of drug-likeness (QED) is 0.519. The zero-order valence-corrected chi connectivity index (χ0v) is 21.4. The van der Waals surface area contributed by atoms with Gasteiger partial charge in [0.05, 0.1) is 24.3 Å². The Balaban J connectivity index is 1.34. The third-order valence-corrected chi connectivity index (χ3v) is 7.18. The Kier molecular flexibility index (Phi) is 7.34. The first kappa shape index (κ1) is 26.5. The van der Waals surface area contributed by atoms with E-state index in [0.717, 1.165) is 0 Å². The van der Waals surface area contributed by atoms with Gasteiger partial charge in [0.15, 0.2) is 0 Å². The molecule has 1 amide bonds. The molecule has 1 N–H and O–H groups in total. The first-order valence-corrected chi connectivity index (χ1v) is 12.8. The van der Waals surface area contributed by atoms with E-state index in [4.69, 9.17) is 16.3 Å². The second-order valence-corrected chi connectivity index (χ2v) is 9.79. The molecule has 5 rings (SSSR count). The molecule has 0 radical (unpaired) electrons. The van der Waals surface area contributed by atoms with E-state index in [9.17, 15) is 23.1 Å². The van der Waals surface area contributed by atoms with Gasteiger partial charge in [-0.25, -0.2) is 9.97 Å². The zero-order valence-electron chi connectivity index (χ0n) is 20.7. The topological polar surface area (TPSA) is 82.0 Å². The number of aliphatic hydroxyl groups excluding tert-OH is 1. The van der Waals surface area contributed by atoms with Crippen LogP contribution >= 0.6 is 11.6 Å². The summed E-state index contributed by atoms with van der Waals surface area (Å²) in [4.78, 5) is 26.0. The Morgan fingerprint density at radius 1 is 1.08 bits per heavy atom. The predicted octanol–water partition coefficient (Wildman–Crippen LogP) is 3.71. The van der Waals surface area contributed by atoms with Crippen LogP contribution in [0.5, 0.6) is 5.75 Å². The smallest absolute Gasteiger partial charge is 0.451 e. The average molecular weight is 550 g/mol. The van der Waals surface area contributed by atoms with Gasteiger partial charge in [0.2, 0.25) is 5.82 Å². The summed E-state index contributed by atoms with van der Waals surface area (Å²) in [6.07, 6.45) is -5.52. The fourth-order valence-electron chi connectivity index (χ4n) is 5.05. The maximum absolute atomic E-state index is 13.6. The number of carbonyl (C=O) groups is 1. The fraction of sp³-hybridized carbons (Fsp3) is 0.423. The Hall–Kier alpha value is -3.15. The van der Waals surface area contributed by atoms with E-state index in [1.807, 2.05) is 6.92 Å². The van der Waals surface area contributed by atoms with E-state index in [2.05, 4.69) is 14.9 Å². The Morgan fingerprint density at radius 2 is 1.79 bits per heavy atom. The molecule has 2 aliphatic rings. The number of rotatable bonds is 5. The zero-order chi connectivity index (χ0) is 27.0. The second-order valence-electron chi connectivity index (χ2n) is 9.36. The van der Waals surface area contributed by atoms with Gasteiger partial charge in [-0.05, 0) is 49.4 Å². The van der Waals surface area contributed by atoms with Crippen molar-refractivity contribution in [3.8, 4) is 5.75 Å². The molecule has 2 atom stereocenters. The van der Waals surface area contributed by atoms with Crippen molar-refractivity contribution < 1.29 is 27.8 Å². The monoisotopic (exact) mass is 549 g/mol. The van der Waals surface area contributed by atoms with E-state index in [1.54, 1.807) is 46.2 Å². The van der Waals surface area contributed by atoms with Crippen LogP contribution < -0.4 is 9.64 Å². The van der Waals surface area contributed by atoms with Crippen molar-refractivity contribution in [3.05, 3.63) is 58.9 Å². The lowest BCUT2D eigenvalue weighted by Crippen LogP contribution is -2.54. The molecule has 0 aliphatic carbocycles. The van der Waals surface area contributed by atoms with Crippen LogP contribution in [0, 0.1) is 0 Å². The van der Waals surface area contributed by atoms with E-state index in [0.29, 0.717) is 54.5 Å². The SMILES string of the molecule is CCOc1ccc2nc(C(F)(F)F)nc(N3C[C@H](O)[C@@H](N4CCN(C(=O)c5ccc(Cl)cc5)CC4)C3)c2c1. The van der Waals surface area contributed by atoms with Crippen LogP contribution in [0.25, 0.3) is 10.9 Å². The molecule has 0 spiro atoms. The molecule has 12 heteroatoms. The summed E-state index contributed by atoms with van der Waals surface area (Å²) in [5.74, 6) is -0.701. The number of benzene rings is 2. The number of β-amino-alcohol motifs (C(OH)–C–C–N with tert-alkyl or cyclic N) is 1. The van der Waals surface area contributed by atoms with E-state index >= 15 is 0 Å². The summed E-state index contributed by atoms with van der Waals surface area (Å²) in [5.41, 5.74) is 0.704. The number of ether oxygens (including phenoxy) is 1. The lowest BCUT2D eigenvalue weighted by atomic mass is 10.1. The molecule has 0 unspecified atom stereocenters. The number of alkyl halides is 3. The largest absolute Gasteiger partial charge is 0.494 e. The lowest BCUT2D eigenvalue weighted by molar-refractivity contribution is -0.144. The number of nitrogens with zero attached hydrogens (tertiary/aromatic N) is 5. The van der Waals surface area contributed by atoms with Gasteiger partial charge in [-0.2, -0.15) is 13.2 Å². The standard InChI is InChI=1S/C26H27ClF3N5O3/c1-2-38-18-7-8-20-19(13-18)23(32-25(31-20)26(28,29)30)35-14-21(22(36)15-35)33-9-11-34(12-10-33)24(37)16-3-5-17(27)6-4-16/h3-8,13,21-22,36H,2,9-12,14-15H2,1H3/t21-,22-/m0/s1. The molecule has 8 nitrogen and oxygen atoms in total. The number of amides is 1. The van der Waals surface area contributed by atoms with Crippen LogP contribution in [0.2, 0.25) is 5.02 Å². The van der Waals surface area contributed by atoms with Crippen molar-refractivity contribution >= 4 is 34.2 Å². The first-order valence-electron chi connectivity index (χ1n) is 12.4. The Labute approximate surface area is 222 Å². The van der Waals surface area contributed by atoms with Crippen molar-refractivity contribution in [2.75, 3.05) is 50.8 Å². The number of hydrogen-bond acceptors (Lipinski definition) is 7. The molecule has 2 fully saturated rings. The maximum Gasteiger partial charge on any atom is 0.451 e. The van der Waals surface area contributed by atoms with Gasteiger partial charge in [0.1, 0.15) is 11.6 Å². The van der Waals surface area contributed by atoms with Gasteiger partial charge in [-0.15, -0.1) is 0 Å². The third kappa shape index (κ3) is 5.36. The molecular weight excluding hydrogens is 523 g/mol. The Morgan fingerprint density at radius 3 is 2.45 bits per heavy atom. The minimum absolute atomic E-state index is 0.0906. The summed E-state index contributed by atoms with van der Waals surface area (Å²) in [7, 11) is 0. The van der Waals surface area contributed by atoms with Crippen LogP contribution in [0.1, 0.15) is 23.1 Å². The molecule has 3 heterocycles. The van der Waals surface area contributed by atoms with Crippen molar-refractivity contribution in [3.63, 3.8) is 0 Å². The lowest BCUT2D eigenvalue weighted by Gasteiger charge is -2.38. The molecule has 0 saturated carbocycles. The molecule has 1 aromatic heterocycles. The number of hydrogen-bond donors (Lipinski definition) is 1. The molecular formula is C26H27ClF3N5O3. The molecule has 2 aliphatic heterocycles. The summed E-state index contributed by atoms with van der Waals surface area (Å²) >= 11 is 5.92. The molecule has 3 aromatic rings. The van der Waals surface area contributed by atoms with Gasteiger partial charge in [0, 0.05) is 55.2 Å². The van der Waals surface area contributed by atoms with E-state index in [1.165, 1.54) is 6.07 Å². The molecule has 0 bridgehead atoms. The van der Waals surface area contributed by atoms with Gasteiger partial charge >= 0.3 is 6.18 Å². The molecule has 202 valence electrons. The van der Waals surface area contributed by atoms with Crippen LogP contribution in [0.15, 0.2) is 42.5 Å². The highest BCUT2D eigenvalue weighted by molar-refractivity contribution is 6.30. The highest BCUT2D eigenvalue weighted by atomic mass is 35.5. The molecule has 2 saturated heterocycles. The first-order chi connectivity index (χ1) is 18.1. The number of aromatic nitrogens is 2. The van der Waals surface area contributed by atoms with Crippen LogP contribution in [0.4, 0.5) is 19.0 Å². The summed E-state index contributed by atoms with van der Waals surface area (Å²) < 4.78 is 46.4. The van der Waals surface area contributed by atoms with Crippen molar-refractivity contribution in [2.24, 2.45) is 0 Å². The van der Waals surface area contributed by atoms with Crippen LogP contribution in [-0.2, 0) is 6.18 Å². The number of anilines is 1. The number of carbonyl (C=O) groups excluding carboxylic acids is 1. The van der Waals surface area contributed by atoms with E-state index in [-0.39, 0.29) is 36.4 Å². The van der Waals surface area contributed by atoms with Gasteiger partial charge in [-0.1, -0.05) is 11.6 Å². The summed E-state index contributed by atoms with van der Waals surface area (Å²) in [6.45, 7) is 4.63. The predicted molar refractivity (Wildman–Crippen MR) is 137 cm³/mol. The van der Waals surface area contributed by atoms with Crippen molar-refractivity contribution in [1.82, 2.24) is 19.8 Å². The fourth-order valence-corrected chi connectivity index (χ4v) is 5.17. The maximum atomic E-state index is 13.6. The number of piperazine rings is 1. The van der Waals surface area contributed by atoms with Crippen LogP contribution in [-0.4, -0.2) is 88.8 Å². The normalized spacial score (nSPS) is 20.8. The molecule has 38 heavy (non-hydrogen) atoms. The molecule has 2 aromatic carbocycles. The number of aliphatic hydroxyl groups is 1. The summed E-state index contributed by atoms with van der Waals surface area (Å²) in [5, 5.41) is 11.9. The van der Waals surface area contributed by atoms with Crippen molar-refractivity contribution in [2.45, 2.75) is 25.2 Å². The van der Waals surface area contributed by atoms with Crippen molar-refractivity contribution in [1.29, 1.82) is 0 Å². The third-order valence-electron chi connectivity index (χ3n) is 6.93. The number of halogens is 4. The Bertz CT molecular complexity index is 1320. The van der Waals surface area contributed by atoms with Gasteiger partial charge in [-0.3, -0.25) is 9.69 Å². The highest BCUT2D eigenvalue weighted by Gasteiger charge is 2.40. The summed E-state index contributed by atoms with van der Waals surface area (Å²) in [6, 6.07) is 11.1. The van der Waals surface area contributed by atoms with Crippen LogP contribution in [0.3, 0.4) is 0 Å². The van der Waals surface area contributed by atoms with Gasteiger partial charge in [0.25, 0.3) is 5.91 Å². The van der Waals surface area contributed by atoms with E-state index < -0.39 is 18.1 Å². The second kappa shape index (κ2) is 10.5. The average Bonchev–Trinajstić information content (AvgIpc) is 3.29. The highest BCUT2D eigenvalue weighted by Crippen LogP contribution is 2.35. The minimum atomic E-state index is -4.72.